The molecule has 0 saturated heterocycles. The van der Waals surface area contributed by atoms with E-state index in [1.807, 2.05) is 85.1 Å². The predicted molar refractivity (Wildman–Crippen MR) is 111 cm³/mol. The standard InChI is InChI=1S/C23H21N3O2/c1-15-12-13-20-24-21(18-10-6-7-11-19(18)28-3)22(26(20)14-15)25-23(27)17-9-5-4-8-16(17)2/h4-14H,1-3H3,(H,25,27). The molecular weight excluding hydrogens is 350 g/mol. The number of pyridine rings is 1. The highest BCUT2D eigenvalue weighted by Gasteiger charge is 2.20. The Balaban J connectivity index is 1.89. The maximum absolute atomic E-state index is 13.0. The number of carbonyl (C=O) groups is 1. The second-order valence-electron chi connectivity index (χ2n) is 6.71. The summed E-state index contributed by atoms with van der Waals surface area (Å²) in [5.74, 6) is 1.16. The molecule has 140 valence electrons. The summed E-state index contributed by atoms with van der Waals surface area (Å²) in [7, 11) is 1.63. The Morgan fingerprint density at radius 1 is 1.00 bits per heavy atom. The highest BCUT2D eigenvalue weighted by Crippen LogP contribution is 2.35. The smallest absolute Gasteiger partial charge is 0.257 e. The fourth-order valence-corrected chi connectivity index (χ4v) is 3.30. The van der Waals surface area contributed by atoms with Crippen molar-refractivity contribution in [1.82, 2.24) is 9.38 Å². The maximum Gasteiger partial charge on any atom is 0.257 e. The minimum Gasteiger partial charge on any atom is -0.496 e. The van der Waals surface area contributed by atoms with Crippen molar-refractivity contribution in [1.29, 1.82) is 0 Å². The van der Waals surface area contributed by atoms with Gasteiger partial charge in [-0.25, -0.2) is 4.98 Å². The second kappa shape index (κ2) is 7.19. The molecular formula is C23H21N3O2. The highest BCUT2D eigenvalue weighted by molar-refractivity contribution is 6.06. The molecule has 0 spiro atoms. The molecule has 4 rings (SSSR count). The zero-order valence-corrected chi connectivity index (χ0v) is 16.1. The Morgan fingerprint density at radius 3 is 2.54 bits per heavy atom. The van der Waals surface area contributed by atoms with Crippen LogP contribution in [0.4, 0.5) is 5.82 Å². The Hall–Kier alpha value is -3.60. The summed E-state index contributed by atoms with van der Waals surface area (Å²) < 4.78 is 7.43. The monoisotopic (exact) mass is 371 g/mol. The van der Waals surface area contributed by atoms with Gasteiger partial charge in [0.2, 0.25) is 0 Å². The third kappa shape index (κ3) is 3.11. The third-order valence-electron chi connectivity index (χ3n) is 4.75. The number of hydrogen-bond acceptors (Lipinski definition) is 3. The van der Waals surface area contributed by atoms with Crippen LogP contribution in [0, 0.1) is 13.8 Å². The van der Waals surface area contributed by atoms with Crippen LogP contribution in [0.25, 0.3) is 16.9 Å². The molecule has 0 aliphatic carbocycles. The van der Waals surface area contributed by atoms with Crippen LogP contribution < -0.4 is 10.1 Å². The number of aromatic nitrogens is 2. The molecule has 4 aromatic rings. The average Bonchev–Trinajstić information content (AvgIpc) is 3.05. The van der Waals surface area contributed by atoms with Gasteiger partial charge < -0.3 is 10.1 Å². The topological polar surface area (TPSA) is 55.6 Å². The van der Waals surface area contributed by atoms with Crippen molar-refractivity contribution in [3.05, 3.63) is 83.6 Å². The number of benzene rings is 2. The fourth-order valence-electron chi connectivity index (χ4n) is 3.30. The van der Waals surface area contributed by atoms with E-state index in [-0.39, 0.29) is 5.91 Å². The van der Waals surface area contributed by atoms with Crippen LogP contribution >= 0.6 is 0 Å². The van der Waals surface area contributed by atoms with Crippen molar-refractivity contribution in [2.45, 2.75) is 13.8 Å². The number of anilines is 1. The largest absolute Gasteiger partial charge is 0.496 e. The lowest BCUT2D eigenvalue weighted by molar-refractivity contribution is 0.102. The molecule has 0 radical (unpaired) electrons. The lowest BCUT2D eigenvalue weighted by Gasteiger charge is -2.11. The van der Waals surface area contributed by atoms with Gasteiger partial charge in [0.15, 0.2) is 0 Å². The van der Waals surface area contributed by atoms with Crippen LogP contribution in [-0.4, -0.2) is 22.4 Å². The van der Waals surface area contributed by atoms with Gasteiger partial charge in [-0.15, -0.1) is 0 Å². The van der Waals surface area contributed by atoms with E-state index in [1.54, 1.807) is 7.11 Å². The van der Waals surface area contributed by atoms with Crippen LogP contribution in [0.3, 0.4) is 0 Å². The van der Waals surface area contributed by atoms with Gasteiger partial charge in [-0.3, -0.25) is 9.20 Å². The highest BCUT2D eigenvalue weighted by atomic mass is 16.5. The molecule has 1 N–H and O–H groups in total. The molecule has 2 aromatic heterocycles. The van der Waals surface area contributed by atoms with Gasteiger partial charge in [-0.1, -0.05) is 36.4 Å². The van der Waals surface area contributed by atoms with E-state index in [4.69, 9.17) is 9.72 Å². The zero-order valence-electron chi connectivity index (χ0n) is 16.1. The summed E-state index contributed by atoms with van der Waals surface area (Å²) >= 11 is 0. The number of fused-ring (bicyclic) bond motifs is 1. The number of para-hydroxylation sites is 1. The maximum atomic E-state index is 13.0. The second-order valence-corrected chi connectivity index (χ2v) is 6.71. The minimum absolute atomic E-state index is 0.169. The lowest BCUT2D eigenvalue weighted by Crippen LogP contribution is -2.15. The van der Waals surface area contributed by atoms with E-state index < -0.39 is 0 Å². The van der Waals surface area contributed by atoms with E-state index in [2.05, 4.69) is 5.32 Å². The normalized spacial score (nSPS) is 10.8. The molecule has 2 heterocycles. The van der Waals surface area contributed by atoms with Gasteiger partial charge in [-0.2, -0.15) is 0 Å². The number of imidazole rings is 1. The molecule has 0 bridgehead atoms. The van der Waals surface area contributed by atoms with E-state index in [9.17, 15) is 4.79 Å². The molecule has 1 amide bonds. The molecule has 0 fully saturated rings. The summed E-state index contributed by atoms with van der Waals surface area (Å²) in [4.78, 5) is 17.8. The Labute approximate surface area is 163 Å². The molecule has 0 saturated carbocycles. The minimum atomic E-state index is -0.169. The summed E-state index contributed by atoms with van der Waals surface area (Å²) in [6.07, 6.45) is 1.97. The van der Waals surface area contributed by atoms with Crippen LogP contribution in [0.1, 0.15) is 21.5 Å². The van der Waals surface area contributed by atoms with E-state index in [1.165, 1.54) is 0 Å². The quantitative estimate of drug-likeness (QED) is 0.556. The third-order valence-corrected chi connectivity index (χ3v) is 4.75. The summed E-state index contributed by atoms with van der Waals surface area (Å²) in [6.45, 7) is 3.93. The Kier molecular flexibility index (Phi) is 4.57. The van der Waals surface area contributed by atoms with Gasteiger partial charge in [0, 0.05) is 17.3 Å². The number of methoxy groups -OCH3 is 1. The van der Waals surface area contributed by atoms with Crippen LogP contribution in [0.5, 0.6) is 5.75 Å². The fraction of sp³-hybridized carbons (Fsp3) is 0.130. The number of nitrogens with zero attached hydrogens (tertiary/aromatic N) is 2. The molecule has 0 aliphatic rings. The van der Waals surface area contributed by atoms with Crippen molar-refractivity contribution >= 4 is 17.4 Å². The number of rotatable bonds is 4. The molecule has 2 aromatic carbocycles. The number of amides is 1. The van der Waals surface area contributed by atoms with Gasteiger partial charge in [0.25, 0.3) is 5.91 Å². The van der Waals surface area contributed by atoms with Gasteiger partial charge >= 0.3 is 0 Å². The Bertz CT molecular complexity index is 1180. The predicted octanol–water partition coefficient (Wildman–Crippen LogP) is 4.88. The van der Waals surface area contributed by atoms with E-state index in [0.29, 0.717) is 22.8 Å². The van der Waals surface area contributed by atoms with E-state index in [0.717, 1.165) is 22.3 Å². The number of aryl methyl sites for hydroxylation is 2. The van der Waals surface area contributed by atoms with Crippen molar-refractivity contribution < 1.29 is 9.53 Å². The number of nitrogens with one attached hydrogen (secondary N) is 1. The van der Waals surface area contributed by atoms with Crippen molar-refractivity contribution in [2.75, 3.05) is 12.4 Å². The summed E-state index contributed by atoms with van der Waals surface area (Å²) in [5, 5.41) is 3.07. The molecule has 0 atom stereocenters. The first kappa shape index (κ1) is 17.8. The number of hydrogen-bond donors (Lipinski definition) is 1. The van der Waals surface area contributed by atoms with Crippen LogP contribution in [0.15, 0.2) is 66.9 Å². The van der Waals surface area contributed by atoms with Crippen molar-refractivity contribution in [3.63, 3.8) is 0 Å². The first-order valence-corrected chi connectivity index (χ1v) is 9.07. The van der Waals surface area contributed by atoms with Crippen molar-refractivity contribution in [2.24, 2.45) is 0 Å². The van der Waals surface area contributed by atoms with Gasteiger partial charge in [-0.05, 0) is 49.2 Å². The zero-order chi connectivity index (χ0) is 19.7. The van der Waals surface area contributed by atoms with Crippen LogP contribution in [-0.2, 0) is 0 Å². The average molecular weight is 371 g/mol. The molecule has 5 nitrogen and oxygen atoms in total. The molecule has 5 heteroatoms. The summed E-state index contributed by atoms with van der Waals surface area (Å²) in [5.41, 5.74) is 4.88. The Morgan fingerprint density at radius 2 is 1.75 bits per heavy atom. The first-order valence-electron chi connectivity index (χ1n) is 9.07. The number of carbonyl (C=O) groups excluding carboxylic acids is 1. The van der Waals surface area contributed by atoms with Crippen molar-refractivity contribution in [3.8, 4) is 17.0 Å². The summed E-state index contributed by atoms with van der Waals surface area (Å²) in [6, 6.07) is 19.1. The van der Waals surface area contributed by atoms with Crippen LogP contribution in [0.2, 0.25) is 0 Å². The lowest BCUT2D eigenvalue weighted by atomic mass is 10.1. The number of ether oxygens (including phenoxy) is 1. The SMILES string of the molecule is COc1ccccc1-c1nc2ccc(C)cn2c1NC(=O)c1ccccc1C. The first-order chi connectivity index (χ1) is 13.6. The van der Waals surface area contributed by atoms with Gasteiger partial charge in [0.1, 0.15) is 22.9 Å². The van der Waals surface area contributed by atoms with E-state index >= 15 is 0 Å². The molecule has 0 aliphatic heterocycles. The molecule has 0 unspecified atom stereocenters. The molecule has 28 heavy (non-hydrogen) atoms. The van der Waals surface area contributed by atoms with Gasteiger partial charge in [0.05, 0.1) is 7.11 Å².